The van der Waals surface area contributed by atoms with E-state index in [0.717, 1.165) is 0 Å². The number of hydrogen-bond donors (Lipinski definition) is 0. The van der Waals surface area contributed by atoms with Crippen LogP contribution in [0.4, 0.5) is 0 Å². The lowest BCUT2D eigenvalue weighted by Crippen LogP contribution is -1.81. The van der Waals surface area contributed by atoms with Crippen LogP contribution in [0.25, 0.3) is 9.40 Å². The van der Waals surface area contributed by atoms with Crippen molar-refractivity contribution in [2.24, 2.45) is 0 Å². The maximum absolute atomic E-state index is 2.31. The maximum Gasteiger partial charge on any atom is 0.0453 e. The van der Waals surface area contributed by atoms with Gasteiger partial charge in [0.15, 0.2) is 0 Å². The average molecular weight is 208 g/mol. The van der Waals surface area contributed by atoms with Crippen LogP contribution in [0, 0.1) is 0 Å². The molecule has 0 amide bonds. The molecule has 13 heavy (non-hydrogen) atoms. The predicted octanol–water partition coefficient (Wildman–Crippen LogP) is 4.64. The summed E-state index contributed by atoms with van der Waals surface area (Å²) < 4.78 is 2.85. The largest absolute Gasteiger partial charge is 0.143 e. The monoisotopic (exact) mass is 208 g/mol. The number of thiophene rings is 2. The number of rotatable bonds is 2. The van der Waals surface area contributed by atoms with Crippen LogP contribution in [-0.2, 0) is 0 Å². The lowest BCUT2D eigenvalue weighted by molar-refractivity contribution is 0.996. The van der Waals surface area contributed by atoms with Crippen molar-refractivity contribution in [3.63, 3.8) is 0 Å². The van der Waals surface area contributed by atoms with Gasteiger partial charge in [-0.3, -0.25) is 0 Å². The Morgan fingerprint density at radius 3 is 2.92 bits per heavy atom. The van der Waals surface area contributed by atoms with Crippen LogP contribution in [0.3, 0.4) is 0 Å². The second-order valence-corrected chi connectivity index (χ2v) is 5.18. The minimum absolute atomic E-state index is 0.564. The zero-order valence-corrected chi connectivity index (χ0v) is 9.41. The van der Waals surface area contributed by atoms with Crippen molar-refractivity contribution in [3.8, 4) is 0 Å². The summed E-state index contributed by atoms with van der Waals surface area (Å²) in [4.78, 5) is 1.47. The fourth-order valence-corrected chi connectivity index (χ4v) is 3.54. The molecule has 0 spiro atoms. The Bertz CT molecular complexity index is 391. The van der Waals surface area contributed by atoms with Crippen LogP contribution in [0.1, 0.15) is 24.6 Å². The van der Waals surface area contributed by atoms with E-state index in [4.69, 9.17) is 0 Å². The standard InChI is InChI=1S/C11H12S2/c1-3-4-8(2)10-7-11-9(13-10)5-6-12-11/h3-8H,1-2H3/b4-3+/t8-/m0/s1. The highest BCUT2D eigenvalue weighted by Gasteiger charge is 2.06. The zero-order valence-electron chi connectivity index (χ0n) is 7.78. The number of fused-ring (bicyclic) bond motifs is 1. The third-order valence-corrected chi connectivity index (χ3v) is 4.38. The Labute approximate surface area is 86.5 Å². The molecular formula is C11H12S2. The van der Waals surface area contributed by atoms with E-state index in [1.807, 2.05) is 22.7 Å². The summed E-state index contributed by atoms with van der Waals surface area (Å²) >= 11 is 3.74. The van der Waals surface area contributed by atoms with E-state index in [0.29, 0.717) is 5.92 Å². The molecule has 2 heteroatoms. The van der Waals surface area contributed by atoms with Gasteiger partial charge >= 0.3 is 0 Å². The minimum atomic E-state index is 0.564. The molecule has 0 radical (unpaired) electrons. The molecule has 2 rings (SSSR count). The van der Waals surface area contributed by atoms with Gasteiger partial charge < -0.3 is 0 Å². The predicted molar refractivity (Wildman–Crippen MR) is 62.9 cm³/mol. The molecule has 0 bridgehead atoms. The average Bonchev–Trinajstić information content (AvgIpc) is 2.61. The van der Waals surface area contributed by atoms with Gasteiger partial charge in [0.1, 0.15) is 0 Å². The van der Waals surface area contributed by atoms with Gasteiger partial charge in [-0.2, -0.15) is 0 Å². The summed E-state index contributed by atoms with van der Waals surface area (Å²) in [5.41, 5.74) is 0. The van der Waals surface area contributed by atoms with Gasteiger partial charge in [0.2, 0.25) is 0 Å². The van der Waals surface area contributed by atoms with Gasteiger partial charge in [-0.15, -0.1) is 22.7 Å². The molecule has 2 aromatic rings. The molecule has 0 saturated heterocycles. The smallest absolute Gasteiger partial charge is 0.0453 e. The fraction of sp³-hybridized carbons (Fsp3) is 0.273. The Kier molecular flexibility index (Phi) is 2.51. The second-order valence-electron chi connectivity index (χ2n) is 3.11. The fourth-order valence-electron chi connectivity index (χ4n) is 1.39. The molecular weight excluding hydrogens is 196 g/mol. The van der Waals surface area contributed by atoms with E-state index in [1.165, 1.54) is 14.3 Å². The summed E-state index contributed by atoms with van der Waals surface area (Å²) in [6.45, 7) is 4.32. The van der Waals surface area contributed by atoms with Crippen molar-refractivity contribution in [2.75, 3.05) is 0 Å². The lowest BCUT2D eigenvalue weighted by atomic mass is 10.1. The van der Waals surface area contributed by atoms with E-state index < -0.39 is 0 Å². The topological polar surface area (TPSA) is 0 Å². The third-order valence-electron chi connectivity index (χ3n) is 2.09. The van der Waals surface area contributed by atoms with Crippen LogP contribution in [0.2, 0.25) is 0 Å². The molecule has 2 aromatic heterocycles. The van der Waals surface area contributed by atoms with Crippen LogP contribution in [-0.4, -0.2) is 0 Å². The summed E-state index contributed by atoms with van der Waals surface area (Å²) in [6, 6.07) is 4.52. The highest BCUT2D eigenvalue weighted by atomic mass is 32.1. The van der Waals surface area contributed by atoms with Gasteiger partial charge in [0.25, 0.3) is 0 Å². The van der Waals surface area contributed by atoms with E-state index in [2.05, 4.69) is 43.5 Å². The third kappa shape index (κ3) is 1.69. The summed E-state index contributed by atoms with van der Waals surface area (Å²) in [7, 11) is 0. The first-order valence-electron chi connectivity index (χ1n) is 4.41. The molecule has 1 atom stereocenters. The van der Waals surface area contributed by atoms with Crippen LogP contribution in [0.5, 0.6) is 0 Å². The van der Waals surface area contributed by atoms with Gasteiger partial charge in [0, 0.05) is 20.2 Å². The first-order valence-corrected chi connectivity index (χ1v) is 6.10. The van der Waals surface area contributed by atoms with Crippen LogP contribution >= 0.6 is 22.7 Å². The highest BCUT2D eigenvalue weighted by Crippen LogP contribution is 2.34. The maximum atomic E-state index is 2.31. The molecule has 68 valence electrons. The van der Waals surface area contributed by atoms with Crippen molar-refractivity contribution in [2.45, 2.75) is 19.8 Å². The molecule has 0 nitrogen and oxygen atoms in total. The van der Waals surface area contributed by atoms with Crippen molar-refractivity contribution < 1.29 is 0 Å². The van der Waals surface area contributed by atoms with E-state index in [9.17, 15) is 0 Å². The first kappa shape index (κ1) is 8.97. The molecule has 0 aliphatic carbocycles. The van der Waals surface area contributed by atoms with Crippen molar-refractivity contribution >= 4 is 32.1 Å². The molecule has 0 aromatic carbocycles. The van der Waals surface area contributed by atoms with Gasteiger partial charge in [-0.1, -0.05) is 19.1 Å². The zero-order chi connectivity index (χ0) is 9.26. The Morgan fingerprint density at radius 1 is 1.38 bits per heavy atom. The van der Waals surface area contributed by atoms with Crippen LogP contribution < -0.4 is 0 Å². The summed E-state index contributed by atoms with van der Waals surface area (Å²) in [6.07, 6.45) is 4.37. The van der Waals surface area contributed by atoms with Crippen molar-refractivity contribution in [1.82, 2.24) is 0 Å². The quantitative estimate of drug-likeness (QED) is 0.631. The molecule has 2 heterocycles. The molecule has 0 fully saturated rings. The highest BCUT2D eigenvalue weighted by molar-refractivity contribution is 7.26. The van der Waals surface area contributed by atoms with E-state index in [-0.39, 0.29) is 0 Å². The molecule has 0 saturated carbocycles. The summed E-state index contributed by atoms with van der Waals surface area (Å²) in [5.74, 6) is 0.564. The summed E-state index contributed by atoms with van der Waals surface area (Å²) in [5, 5.41) is 2.16. The minimum Gasteiger partial charge on any atom is -0.143 e. The molecule has 0 aliphatic heterocycles. The normalized spacial score (nSPS) is 14.3. The van der Waals surface area contributed by atoms with Crippen molar-refractivity contribution in [3.05, 3.63) is 34.5 Å². The SMILES string of the molecule is C/C=C/[C@H](C)c1cc2sccc2s1. The van der Waals surface area contributed by atoms with E-state index >= 15 is 0 Å². The molecule has 0 aliphatic rings. The second kappa shape index (κ2) is 3.64. The Morgan fingerprint density at radius 2 is 2.23 bits per heavy atom. The van der Waals surface area contributed by atoms with E-state index in [1.54, 1.807) is 0 Å². The number of hydrogen-bond acceptors (Lipinski definition) is 2. The molecule has 0 N–H and O–H groups in total. The van der Waals surface area contributed by atoms with Gasteiger partial charge in [-0.25, -0.2) is 0 Å². The molecule has 0 unspecified atom stereocenters. The number of allylic oxidation sites excluding steroid dienone is 2. The van der Waals surface area contributed by atoms with Crippen LogP contribution in [0.15, 0.2) is 29.7 Å². The van der Waals surface area contributed by atoms with Crippen molar-refractivity contribution in [1.29, 1.82) is 0 Å². The lowest BCUT2D eigenvalue weighted by Gasteiger charge is -1.99. The van der Waals surface area contributed by atoms with Gasteiger partial charge in [0.05, 0.1) is 0 Å². The Hall–Kier alpha value is -0.600. The Balaban J connectivity index is 2.38. The first-order chi connectivity index (χ1) is 6.31. The van der Waals surface area contributed by atoms with Gasteiger partial charge in [-0.05, 0) is 24.4 Å².